The number of benzene rings is 6. The number of hydrogen-bond donors (Lipinski definition) is 7. The number of nitro benzene ring substituents is 1. The molecule has 552 valence electrons. The van der Waals surface area contributed by atoms with Crippen LogP contribution in [-0.2, 0) is 41.6 Å². The largest absolute Gasteiger partial charge is 0.545 e. The molecule has 0 radical (unpaired) electrons. The first-order valence-electron chi connectivity index (χ1n) is 33.7. The van der Waals surface area contributed by atoms with Crippen LogP contribution in [0.3, 0.4) is 0 Å². The number of carboxylic acid groups (broad SMARTS) is 1. The van der Waals surface area contributed by atoms with Crippen molar-refractivity contribution in [3.63, 3.8) is 0 Å². The third kappa shape index (κ3) is 21.0. The zero-order valence-corrected chi connectivity index (χ0v) is 58.7. The number of rotatable bonds is 37. The summed E-state index contributed by atoms with van der Waals surface area (Å²) < 4.78 is 43.9. The molecule has 0 bridgehead atoms. The van der Waals surface area contributed by atoms with Crippen LogP contribution >= 0.6 is 0 Å². The molecule has 9 rings (SSSR count). The number of carbonyl (C=O) groups excluding carboxylic acids is 4. The number of aromatic carboxylic acids is 1. The summed E-state index contributed by atoms with van der Waals surface area (Å²) in [6.45, 7) is 1.03. The Labute approximate surface area is 598 Å². The van der Waals surface area contributed by atoms with E-state index in [1.165, 1.54) is 44.6 Å². The van der Waals surface area contributed by atoms with Crippen molar-refractivity contribution in [1.29, 1.82) is 0 Å². The number of carbonyl (C=O) groups is 4. The molecule has 3 heterocycles. The van der Waals surface area contributed by atoms with Crippen molar-refractivity contribution in [3.05, 3.63) is 154 Å². The van der Waals surface area contributed by atoms with Gasteiger partial charge in [-0.25, -0.2) is 9.26 Å². The zero-order chi connectivity index (χ0) is 74.4. The normalized spacial score (nSPS) is 16.2. The van der Waals surface area contributed by atoms with E-state index in [0.29, 0.717) is 125 Å². The highest BCUT2D eigenvalue weighted by Gasteiger charge is 2.45. The van der Waals surface area contributed by atoms with Crippen LogP contribution in [0.15, 0.2) is 146 Å². The molecule has 1 unspecified atom stereocenters. The molecule has 6 atom stereocenters. The molecule has 6 aromatic rings. The molecule has 3 aliphatic rings. The molecular formula is C72H86N14O18. The first kappa shape index (κ1) is 77.4. The van der Waals surface area contributed by atoms with Crippen LogP contribution in [0.5, 0.6) is 11.5 Å². The van der Waals surface area contributed by atoms with Gasteiger partial charge < -0.3 is 88.9 Å². The number of azo groups is 2. The summed E-state index contributed by atoms with van der Waals surface area (Å²) in [4.78, 5) is 66.8. The van der Waals surface area contributed by atoms with Crippen molar-refractivity contribution < 1.29 is 82.5 Å². The van der Waals surface area contributed by atoms with Crippen LogP contribution in [0.25, 0.3) is 33.4 Å². The molecule has 32 nitrogen and oxygen atoms in total. The van der Waals surface area contributed by atoms with Crippen molar-refractivity contribution in [3.8, 4) is 33.9 Å². The average molecular weight is 1440 g/mol. The Morgan fingerprint density at radius 1 is 0.721 bits per heavy atom. The van der Waals surface area contributed by atoms with Crippen LogP contribution < -0.4 is 50.3 Å². The lowest BCUT2D eigenvalue weighted by Crippen LogP contribution is -2.59. The van der Waals surface area contributed by atoms with Crippen molar-refractivity contribution in [2.45, 2.75) is 95.0 Å². The monoisotopic (exact) mass is 1430 g/mol. The fourth-order valence-electron chi connectivity index (χ4n) is 11.2. The third-order valence-corrected chi connectivity index (χ3v) is 17.0. The Morgan fingerprint density at radius 3 is 2.03 bits per heavy atom. The minimum absolute atomic E-state index is 0.0297. The number of nitro groups is 1. The highest BCUT2D eigenvalue weighted by Crippen LogP contribution is 2.44. The van der Waals surface area contributed by atoms with E-state index in [-0.39, 0.29) is 68.5 Å². The van der Waals surface area contributed by atoms with E-state index in [4.69, 9.17) is 32.8 Å². The molecule has 0 spiro atoms. The summed E-state index contributed by atoms with van der Waals surface area (Å²) in [5.74, 6) is -1.27. The third-order valence-electron chi connectivity index (χ3n) is 17.0. The Hall–Kier alpha value is -10.7. The van der Waals surface area contributed by atoms with Gasteiger partial charge in [-0.3, -0.25) is 24.5 Å². The molecule has 7 N–H and O–H groups in total. The van der Waals surface area contributed by atoms with Gasteiger partial charge in [-0.15, -0.1) is 15.3 Å². The molecule has 1 fully saturated rings. The molecule has 104 heavy (non-hydrogen) atoms. The van der Waals surface area contributed by atoms with Crippen molar-refractivity contribution in [2.75, 3.05) is 105 Å². The number of amides is 3. The van der Waals surface area contributed by atoms with E-state index in [1.807, 2.05) is 98.1 Å². The summed E-state index contributed by atoms with van der Waals surface area (Å²) in [5.41, 5.74) is 6.20. The smallest absolute Gasteiger partial charge is 0.269 e. The summed E-state index contributed by atoms with van der Waals surface area (Å²) >= 11 is 0. The quantitative estimate of drug-likeness (QED) is 0.00432. The van der Waals surface area contributed by atoms with E-state index >= 15 is 0 Å². The maximum atomic E-state index is 13.4. The number of anilines is 2. The lowest BCUT2D eigenvalue weighted by molar-refractivity contribution is -0.384. The first-order chi connectivity index (χ1) is 50.1. The van der Waals surface area contributed by atoms with Crippen LogP contribution in [0.4, 0.5) is 39.8 Å². The van der Waals surface area contributed by atoms with Crippen molar-refractivity contribution >= 4 is 74.5 Å². The number of fused-ring (bicyclic) bond motifs is 2. The van der Waals surface area contributed by atoms with Gasteiger partial charge in [0.2, 0.25) is 17.2 Å². The number of aliphatic hydroxyl groups is 4. The SMILES string of the molecule is COc1cc(N=Nc2ccc([N+](=O)[O-])cc2)c(OC)cc1N=Nc1ccc(N(C)CCCC(=O)NCc2cn(CCOCCOC(CC(=O)NCCCCCCNC(=O)c3ccc(-c4c5ccc(=[N+](C)C)cc-5oc5cc(N(C)C)ccc45)c(C(=O)[O-])c3)O[C@@H]3O[C@H](CO)[C@@H](O)[C@H](O)[C@H]3O)nn2)cc1. The van der Waals surface area contributed by atoms with Crippen LogP contribution in [0.1, 0.15) is 71.4 Å². The second-order valence-corrected chi connectivity index (χ2v) is 24.8. The minimum Gasteiger partial charge on any atom is -0.545 e. The van der Waals surface area contributed by atoms with Crippen LogP contribution in [-0.4, -0.2) is 197 Å². The van der Waals surface area contributed by atoms with Crippen LogP contribution in [0.2, 0.25) is 0 Å². The minimum atomic E-state index is -1.75. The molecular weight excluding hydrogens is 1350 g/mol. The number of aliphatic hydroxyl groups excluding tert-OH is 4. The number of non-ortho nitro benzene ring substituents is 1. The van der Waals surface area contributed by atoms with Gasteiger partial charge in [-0.1, -0.05) is 24.1 Å². The van der Waals surface area contributed by atoms with Gasteiger partial charge >= 0.3 is 0 Å². The lowest BCUT2D eigenvalue weighted by Gasteiger charge is -2.40. The number of ether oxygens (including phenoxy) is 6. The predicted molar refractivity (Wildman–Crippen MR) is 380 cm³/mol. The summed E-state index contributed by atoms with van der Waals surface area (Å²) in [5, 5.41) is 101. The molecule has 1 aliphatic carbocycles. The number of unbranched alkanes of at least 4 members (excludes halogenated alkanes) is 3. The number of methoxy groups -OCH3 is 2. The second kappa shape index (κ2) is 37.5. The summed E-state index contributed by atoms with van der Waals surface area (Å²) in [7, 11) is 12.5. The fourth-order valence-corrected chi connectivity index (χ4v) is 11.2. The Balaban J connectivity index is 0.666. The average Bonchev–Trinajstić information content (AvgIpc) is 0.781. The number of aromatic nitrogens is 3. The van der Waals surface area contributed by atoms with Gasteiger partial charge in [0.05, 0.1) is 94.7 Å². The maximum absolute atomic E-state index is 13.4. The summed E-state index contributed by atoms with van der Waals surface area (Å²) in [6.07, 6.45) is -4.62. The second-order valence-electron chi connectivity index (χ2n) is 24.8. The number of hydrogen-bond acceptors (Lipinski definition) is 26. The molecule has 5 aromatic carbocycles. The highest BCUT2D eigenvalue weighted by molar-refractivity contribution is 6.09. The number of carboxylic acids is 1. The molecule has 0 saturated carbocycles. The van der Waals surface area contributed by atoms with Gasteiger partial charge in [0.1, 0.15) is 78.4 Å². The Bertz CT molecular complexity index is 4350. The standard InChI is InChI=1S/C72H86N14O18/c1-82(2)50-23-26-53-58(36-50)102-59-37-51(83(3)4)24-27-54(59)66(53)52-25-14-44(35-55(52)71(94)95)70(93)74-29-11-9-8-10-28-73-64(89)40-65(104-72-69(92)68(91)67(90)62(43-87)103-72)101-34-33-100-32-31-85-42-47(78-81-85)41-75-63(88)13-12-30-84(5)48-19-15-45(16-20-48)76-79-56-38-61(99-7)57(39-60(56)98-6)80-77-46-17-21-49(22-18-46)86(96)97/h14-27,35-39,42,62,65,67-69,72,87,90-92H,8-13,28-34,40-41,43H2,1-7H3,(H3-,73,74,75,88,89,93,94,95)/t62-,65?,67-,68+,69-,72+/m1/s1. The number of nitrogens with one attached hydrogen (secondary N) is 3. The van der Waals surface area contributed by atoms with Gasteiger partial charge in [-0.2, -0.15) is 10.2 Å². The Kier molecular flexibility index (Phi) is 27.9. The molecule has 1 aromatic heterocycles. The maximum Gasteiger partial charge on any atom is 0.269 e. The van der Waals surface area contributed by atoms with Gasteiger partial charge in [0.15, 0.2) is 12.6 Å². The van der Waals surface area contributed by atoms with Crippen LogP contribution in [0, 0.1) is 10.1 Å². The van der Waals surface area contributed by atoms with Gasteiger partial charge in [0.25, 0.3) is 11.6 Å². The van der Waals surface area contributed by atoms with E-state index in [9.17, 15) is 54.8 Å². The highest BCUT2D eigenvalue weighted by atomic mass is 16.8. The lowest BCUT2D eigenvalue weighted by atomic mass is 9.89. The fraction of sp³-hybridized carbons (Fsp3) is 0.403. The summed E-state index contributed by atoms with van der Waals surface area (Å²) in [6, 6.07) is 32.2. The number of nitrogens with zero attached hydrogens (tertiary/aromatic N) is 11. The van der Waals surface area contributed by atoms with E-state index in [0.717, 1.165) is 16.7 Å². The van der Waals surface area contributed by atoms with Gasteiger partial charge in [-0.05, 0) is 91.6 Å². The van der Waals surface area contributed by atoms with Crippen molar-refractivity contribution in [1.82, 2.24) is 35.5 Å². The Morgan fingerprint density at radius 2 is 1.38 bits per heavy atom. The first-order valence-corrected chi connectivity index (χ1v) is 33.7. The van der Waals surface area contributed by atoms with E-state index in [1.54, 1.807) is 47.3 Å². The topological polar surface area (TPSA) is 410 Å². The van der Waals surface area contributed by atoms with Crippen molar-refractivity contribution in [2.24, 2.45) is 20.5 Å². The molecule has 3 amide bonds. The van der Waals surface area contributed by atoms with Gasteiger partial charge in [0, 0.05) is 123 Å². The molecule has 1 saturated heterocycles. The van der Waals surface area contributed by atoms with E-state index < -0.39 is 66.3 Å². The molecule has 32 heteroatoms. The predicted octanol–water partition coefficient (Wildman–Crippen LogP) is 6.22. The molecule has 2 aliphatic heterocycles. The zero-order valence-electron chi connectivity index (χ0n) is 58.7. The van der Waals surface area contributed by atoms with E-state index in [2.05, 4.69) is 46.7 Å².